The summed E-state index contributed by atoms with van der Waals surface area (Å²) >= 11 is 3.46. The van der Waals surface area contributed by atoms with E-state index in [2.05, 4.69) is 276 Å². The van der Waals surface area contributed by atoms with E-state index in [4.69, 9.17) is 0 Å². The van der Waals surface area contributed by atoms with Crippen molar-refractivity contribution in [1.29, 1.82) is 0 Å². The first kappa shape index (κ1) is 43.9. The lowest BCUT2D eigenvalue weighted by Crippen LogP contribution is -2.11. The number of aryl methyl sites for hydroxylation is 2. The third kappa shape index (κ3) is 7.29. The van der Waals surface area contributed by atoms with Crippen molar-refractivity contribution in [1.82, 2.24) is 0 Å². The van der Waals surface area contributed by atoms with E-state index in [1.54, 1.807) is 22.7 Å². The molecule has 0 radical (unpaired) electrons. The molecular formula is C70H48N2S2. The second-order valence-corrected chi connectivity index (χ2v) is 21.0. The summed E-state index contributed by atoms with van der Waals surface area (Å²) < 4.78 is 0. The predicted octanol–water partition coefficient (Wildman–Crippen LogP) is 21.3. The minimum atomic E-state index is 1.13. The Labute approximate surface area is 438 Å². The fourth-order valence-corrected chi connectivity index (χ4v) is 12.9. The van der Waals surface area contributed by atoms with Gasteiger partial charge in [-0.1, -0.05) is 181 Å². The maximum absolute atomic E-state index is 2.49. The number of thiophene rings is 2. The summed E-state index contributed by atoms with van der Waals surface area (Å²) in [6.07, 6.45) is 0. The molecule has 14 rings (SSSR count). The Hall–Kier alpha value is -8.80. The van der Waals surface area contributed by atoms with Crippen LogP contribution < -0.4 is 9.80 Å². The van der Waals surface area contributed by atoms with E-state index < -0.39 is 0 Å². The molecule has 0 aliphatic carbocycles. The normalized spacial score (nSPS) is 11.6. The molecule has 2 heterocycles. The SMILES string of the molecule is Cc1ccc(N(c2ccsc2)c2c3ccccc3c(-c3cc(-c4c5ccccc5cc5ccccc45)cc(-c4c5ccccc5c(N(c5ccc(C)cc5)c5ccsc5)c5ccccc45)c3)c3ccccc23)cc1. The van der Waals surface area contributed by atoms with Crippen molar-refractivity contribution in [3.05, 3.63) is 263 Å². The molecule has 0 aliphatic heterocycles. The Kier molecular flexibility index (Phi) is 10.7. The standard InChI is InChI=1S/C70H48N2S2/c1-45-27-31-52(32-28-45)71(54-35-37-73-43-54)69-62-23-11-7-19-58(62)67(59-20-8-12-24-63(59)69)50-40-49(66-56-17-5-3-15-47(56)39-48-16-4-6-18-57(48)66)41-51(42-50)68-60-21-9-13-25-64(60)70(65-26-14-10-22-61(65)68)72(55-36-38-74-44-55)53-33-29-46(2)30-34-53/h3-44H,1-2H3. The molecule has 74 heavy (non-hydrogen) atoms. The second kappa shape index (κ2) is 18.0. The topological polar surface area (TPSA) is 6.48 Å². The molecule has 0 unspecified atom stereocenters. The van der Waals surface area contributed by atoms with Gasteiger partial charge in [-0.25, -0.2) is 0 Å². The number of benzene rings is 12. The number of fused-ring (bicyclic) bond motifs is 6. The summed E-state index contributed by atoms with van der Waals surface area (Å²) in [5.74, 6) is 0. The first-order valence-corrected chi connectivity index (χ1v) is 27.2. The molecule has 0 saturated heterocycles. The maximum atomic E-state index is 2.49. The Bertz CT molecular complexity index is 4050. The van der Waals surface area contributed by atoms with Crippen LogP contribution >= 0.6 is 22.7 Å². The van der Waals surface area contributed by atoms with Gasteiger partial charge in [0.25, 0.3) is 0 Å². The van der Waals surface area contributed by atoms with Crippen LogP contribution in [-0.2, 0) is 0 Å². The first-order chi connectivity index (χ1) is 36.6. The van der Waals surface area contributed by atoms with E-state index in [1.807, 2.05) is 0 Å². The van der Waals surface area contributed by atoms with Crippen molar-refractivity contribution < 1.29 is 0 Å². The average molecular weight is 981 g/mol. The Balaban J connectivity index is 1.12. The van der Waals surface area contributed by atoms with Crippen LogP contribution in [0, 0.1) is 13.8 Å². The van der Waals surface area contributed by atoms with E-state index in [1.165, 1.54) is 121 Å². The van der Waals surface area contributed by atoms with E-state index in [9.17, 15) is 0 Å². The van der Waals surface area contributed by atoms with E-state index >= 15 is 0 Å². The molecule has 0 saturated carbocycles. The molecule has 0 N–H and O–H groups in total. The Morgan fingerprint density at radius 3 is 0.892 bits per heavy atom. The van der Waals surface area contributed by atoms with Gasteiger partial charge >= 0.3 is 0 Å². The summed E-state index contributed by atoms with van der Waals surface area (Å²) in [6.45, 7) is 4.32. The van der Waals surface area contributed by atoms with Crippen molar-refractivity contribution >= 4 is 121 Å². The van der Waals surface area contributed by atoms with Gasteiger partial charge in [-0.05, 0) is 162 Å². The summed E-state index contributed by atoms with van der Waals surface area (Å²) in [6, 6.07) is 86.3. The van der Waals surface area contributed by atoms with Crippen LogP contribution in [0.15, 0.2) is 252 Å². The Morgan fingerprint density at radius 2 is 0.568 bits per heavy atom. The molecule has 2 aromatic heterocycles. The number of hydrogen-bond acceptors (Lipinski definition) is 4. The highest BCUT2D eigenvalue weighted by Crippen LogP contribution is 2.53. The van der Waals surface area contributed by atoms with Crippen LogP contribution in [0.1, 0.15) is 11.1 Å². The van der Waals surface area contributed by atoms with Crippen LogP contribution in [-0.4, -0.2) is 0 Å². The molecule has 350 valence electrons. The molecule has 12 aromatic carbocycles. The van der Waals surface area contributed by atoms with Crippen LogP contribution in [0.25, 0.3) is 98.0 Å². The van der Waals surface area contributed by atoms with Crippen LogP contribution in [0.4, 0.5) is 34.1 Å². The van der Waals surface area contributed by atoms with E-state index in [0.717, 1.165) is 22.7 Å². The number of nitrogens with zero attached hydrogens (tertiary/aromatic N) is 2. The van der Waals surface area contributed by atoms with Gasteiger partial charge in [-0.3, -0.25) is 0 Å². The Morgan fingerprint density at radius 1 is 0.270 bits per heavy atom. The van der Waals surface area contributed by atoms with Gasteiger partial charge in [0.15, 0.2) is 0 Å². The molecule has 0 atom stereocenters. The fraction of sp³-hybridized carbons (Fsp3) is 0.0286. The van der Waals surface area contributed by atoms with Crippen molar-refractivity contribution in [2.75, 3.05) is 9.80 Å². The average Bonchev–Trinajstić information content (AvgIpc) is 4.20. The highest BCUT2D eigenvalue weighted by molar-refractivity contribution is 7.08. The van der Waals surface area contributed by atoms with Crippen LogP contribution in [0.2, 0.25) is 0 Å². The smallest absolute Gasteiger partial charge is 0.0619 e. The van der Waals surface area contributed by atoms with Gasteiger partial charge in [0.2, 0.25) is 0 Å². The van der Waals surface area contributed by atoms with Crippen molar-refractivity contribution in [2.45, 2.75) is 13.8 Å². The molecule has 2 nitrogen and oxygen atoms in total. The zero-order chi connectivity index (χ0) is 49.3. The number of hydrogen-bond donors (Lipinski definition) is 0. The third-order valence-corrected chi connectivity index (χ3v) is 16.3. The summed E-state index contributed by atoms with van der Waals surface area (Å²) in [4.78, 5) is 4.93. The van der Waals surface area contributed by atoms with Crippen LogP contribution in [0.5, 0.6) is 0 Å². The van der Waals surface area contributed by atoms with Gasteiger partial charge in [0.1, 0.15) is 0 Å². The van der Waals surface area contributed by atoms with Gasteiger partial charge < -0.3 is 9.80 Å². The minimum absolute atomic E-state index is 1.13. The van der Waals surface area contributed by atoms with Crippen molar-refractivity contribution in [2.24, 2.45) is 0 Å². The highest BCUT2D eigenvalue weighted by Gasteiger charge is 2.26. The largest absolute Gasteiger partial charge is 0.308 e. The summed E-state index contributed by atoms with van der Waals surface area (Å²) in [5, 5.41) is 23.4. The van der Waals surface area contributed by atoms with Gasteiger partial charge in [0.05, 0.1) is 22.7 Å². The molecule has 14 aromatic rings. The maximum Gasteiger partial charge on any atom is 0.0619 e. The highest BCUT2D eigenvalue weighted by atomic mass is 32.1. The lowest BCUT2D eigenvalue weighted by atomic mass is 9.83. The number of anilines is 6. The molecule has 0 amide bonds. The molecule has 0 spiro atoms. The van der Waals surface area contributed by atoms with E-state index in [-0.39, 0.29) is 0 Å². The van der Waals surface area contributed by atoms with Crippen LogP contribution in [0.3, 0.4) is 0 Å². The molecule has 0 fully saturated rings. The minimum Gasteiger partial charge on any atom is -0.308 e. The zero-order valence-electron chi connectivity index (χ0n) is 41.0. The lowest BCUT2D eigenvalue weighted by Gasteiger charge is -2.29. The fourth-order valence-electron chi connectivity index (χ4n) is 11.7. The predicted molar refractivity (Wildman–Crippen MR) is 322 cm³/mol. The zero-order valence-corrected chi connectivity index (χ0v) is 42.6. The van der Waals surface area contributed by atoms with Gasteiger partial charge in [-0.2, -0.15) is 22.7 Å². The quantitative estimate of drug-likeness (QED) is 0.133. The summed E-state index contributed by atoms with van der Waals surface area (Å²) in [7, 11) is 0. The molecule has 0 bridgehead atoms. The molecule has 0 aliphatic rings. The molecular weight excluding hydrogens is 933 g/mol. The number of rotatable bonds is 9. The molecule has 4 heteroatoms. The second-order valence-electron chi connectivity index (χ2n) is 19.4. The monoisotopic (exact) mass is 980 g/mol. The third-order valence-electron chi connectivity index (χ3n) is 14.9. The van der Waals surface area contributed by atoms with Crippen molar-refractivity contribution in [3.8, 4) is 33.4 Å². The van der Waals surface area contributed by atoms with Gasteiger partial charge in [-0.15, -0.1) is 0 Å². The van der Waals surface area contributed by atoms with E-state index in [0.29, 0.717) is 0 Å². The van der Waals surface area contributed by atoms with Gasteiger partial charge in [0, 0.05) is 43.7 Å². The first-order valence-electron chi connectivity index (χ1n) is 25.3. The summed E-state index contributed by atoms with van der Waals surface area (Å²) in [5.41, 5.74) is 16.6. The lowest BCUT2D eigenvalue weighted by molar-refractivity contribution is 1.31. The van der Waals surface area contributed by atoms with Crippen molar-refractivity contribution in [3.63, 3.8) is 0 Å².